The number of hydrogen-bond donors (Lipinski definition) is 0. The summed E-state index contributed by atoms with van der Waals surface area (Å²) >= 11 is 0. The maximum absolute atomic E-state index is 13.5. The van der Waals surface area contributed by atoms with Crippen LogP contribution in [0, 0.1) is 12.8 Å². The number of fused-ring (bicyclic) bond motifs is 2. The van der Waals surface area contributed by atoms with Gasteiger partial charge in [-0.05, 0) is 31.4 Å². The third-order valence-corrected chi connectivity index (χ3v) is 7.65. The number of amides is 1. The smallest absolute Gasteiger partial charge is 0.274 e. The number of carbonyl (C=O) groups is 1. The number of benzene rings is 1. The maximum Gasteiger partial charge on any atom is 0.274 e. The number of sulfonamides is 1. The van der Waals surface area contributed by atoms with Crippen molar-refractivity contribution in [3.05, 3.63) is 48.0 Å². The first-order valence-electron chi connectivity index (χ1n) is 10.6. The second-order valence-electron chi connectivity index (χ2n) is 8.55. The Morgan fingerprint density at radius 2 is 1.90 bits per heavy atom. The molecule has 3 heterocycles. The highest BCUT2D eigenvalue weighted by Crippen LogP contribution is 2.36. The lowest BCUT2D eigenvalue weighted by atomic mass is 10.0. The molecule has 0 radical (unpaired) electrons. The Bertz CT molecular complexity index is 1060. The van der Waals surface area contributed by atoms with Crippen molar-refractivity contribution in [2.75, 3.05) is 19.6 Å². The second kappa shape index (κ2) is 8.55. The summed E-state index contributed by atoms with van der Waals surface area (Å²) in [5.74, 6) is 0.347. The number of likely N-dealkylation sites (tertiary alicyclic amines) is 1. The topological polar surface area (TPSA) is 92.7 Å². The monoisotopic (exact) mass is 444 g/mol. The second-order valence-corrected chi connectivity index (χ2v) is 10.4. The molecule has 1 aromatic heterocycles. The van der Waals surface area contributed by atoms with E-state index in [0.29, 0.717) is 43.9 Å². The van der Waals surface area contributed by atoms with Gasteiger partial charge in [-0.1, -0.05) is 26.0 Å². The van der Waals surface area contributed by atoms with Crippen molar-refractivity contribution < 1.29 is 17.9 Å². The number of nitrogens with zero attached hydrogens (tertiary/aromatic N) is 4. The molecule has 31 heavy (non-hydrogen) atoms. The van der Waals surface area contributed by atoms with E-state index in [1.807, 2.05) is 20.8 Å². The Morgan fingerprint density at radius 3 is 2.61 bits per heavy atom. The molecule has 2 aromatic rings. The molecule has 2 aliphatic heterocycles. The predicted octanol–water partition coefficient (Wildman–Crippen LogP) is 2.50. The van der Waals surface area contributed by atoms with Crippen molar-refractivity contribution in [1.29, 1.82) is 0 Å². The van der Waals surface area contributed by atoms with Gasteiger partial charge < -0.3 is 9.64 Å². The quantitative estimate of drug-likeness (QED) is 0.722. The van der Waals surface area contributed by atoms with Crippen LogP contribution in [-0.4, -0.2) is 65.3 Å². The van der Waals surface area contributed by atoms with Crippen LogP contribution in [0.3, 0.4) is 0 Å². The Balaban J connectivity index is 1.65. The molecule has 1 saturated heterocycles. The van der Waals surface area contributed by atoms with Crippen LogP contribution >= 0.6 is 0 Å². The van der Waals surface area contributed by atoms with Crippen LogP contribution in [-0.2, 0) is 10.0 Å². The summed E-state index contributed by atoms with van der Waals surface area (Å²) in [6.45, 7) is 7.13. The van der Waals surface area contributed by atoms with Gasteiger partial charge in [0.15, 0.2) is 0 Å². The molecule has 2 aliphatic rings. The summed E-state index contributed by atoms with van der Waals surface area (Å²) in [5.41, 5.74) is 1.04. The highest BCUT2D eigenvalue weighted by Gasteiger charge is 2.43. The summed E-state index contributed by atoms with van der Waals surface area (Å²) in [4.78, 5) is 23.3. The zero-order valence-corrected chi connectivity index (χ0v) is 18.9. The van der Waals surface area contributed by atoms with Crippen LogP contribution in [0.25, 0.3) is 0 Å². The molecule has 0 aliphatic carbocycles. The molecule has 4 rings (SSSR count). The molecule has 0 bridgehead atoms. The van der Waals surface area contributed by atoms with E-state index in [1.54, 1.807) is 39.7 Å². The van der Waals surface area contributed by atoms with Gasteiger partial charge >= 0.3 is 0 Å². The van der Waals surface area contributed by atoms with Crippen LogP contribution in [0.5, 0.6) is 5.75 Å². The van der Waals surface area contributed by atoms with E-state index in [9.17, 15) is 13.2 Å². The maximum atomic E-state index is 13.5. The average Bonchev–Trinajstić information content (AvgIpc) is 2.98. The van der Waals surface area contributed by atoms with E-state index in [4.69, 9.17) is 4.74 Å². The van der Waals surface area contributed by atoms with E-state index in [-0.39, 0.29) is 28.9 Å². The lowest BCUT2D eigenvalue weighted by Crippen LogP contribution is -2.48. The lowest BCUT2D eigenvalue weighted by Gasteiger charge is -2.32. The first-order chi connectivity index (χ1) is 14.8. The van der Waals surface area contributed by atoms with Gasteiger partial charge in [0.05, 0.1) is 17.9 Å². The van der Waals surface area contributed by atoms with Crippen molar-refractivity contribution >= 4 is 15.9 Å². The molecule has 1 aromatic carbocycles. The molecule has 8 nitrogen and oxygen atoms in total. The third kappa shape index (κ3) is 4.29. The van der Waals surface area contributed by atoms with Gasteiger partial charge in [0.25, 0.3) is 5.91 Å². The number of hydrogen-bond acceptors (Lipinski definition) is 6. The summed E-state index contributed by atoms with van der Waals surface area (Å²) in [7, 11) is -3.71. The van der Waals surface area contributed by atoms with E-state index >= 15 is 0 Å². The van der Waals surface area contributed by atoms with E-state index in [0.717, 1.165) is 5.69 Å². The fourth-order valence-electron chi connectivity index (χ4n) is 4.22. The van der Waals surface area contributed by atoms with Crippen molar-refractivity contribution in [2.45, 2.75) is 50.7 Å². The Hall–Kier alpha value is -2.52. The summed E-state index contributed by atoms with van der Waals surface area (Å²) in [6, 6.07) is 6.47. The molecule has 2 atom stereocenters. The number of rotatable bonds is 3. The standard InChI is InChI=1S/C22H28N4O4S/c1-15(2)14-26-18-8-10-25(22(27)17-13-23-16(3)12-24-17)11-9-19(18)30-20-6-4-5-7-21(20)31(26,28)29/h4-7,12-13,15,18-19H,8-11,14H2,1-3H3/t18-,19-/m0/s1. The van der Waals surface area contributed by atoms with Gasteiger partial charge in [-0.2, -0.15) is 4.31 Å². The van der Waals surface area contributed by atoms with Gasteiger partial charge in [0.2, 0.25) is 10.0 Å². The lowest BCUT2D eigenvalue weighted by molar-refractivity contribution is 0.0749. The molecule has 0 spiro atoms. The molecule has 0 unspecified atom stereocenters. The van der Waals surface area contributed by atoms with Gasteiger partial charge in [-0.15, -0.1) is 0 Å². The first kappa shape index (κ1) is 21.7. The minimum Gasteiger partial charge on any atom is -0.487 e. The normalized spacial score (nSPS) is 23.3. The molecule has 1 fully saturated rings. The van der Waals surface area contributed by atoms with Crippen LogP contribution in [0.2, 0.25) is 0 Å². The van der Waals surface area contributed by atoms with Gasteiger partial charge in [-0.3, -0.25) is 9.78 Å². The fourth-order valence-corrected chi connectivity index (χ4v) is 6.18. The van der Waals surface area contributed by atoms with Crippen LogP contribution in [0.1, 0.15) is 42.9 Å². The molecule has 0 saturated carbocycles. The zero-order valence-electron chi connectivity index (χ0n) is 18.1. The van der Waals surface area contributed by atoms with Crippen molar-refractivity contribution in [3.63, 3.8) is 0 Å². The molecule has 166 valence electrons. The highest BCUT2D eigenvalue weighted by atomic mass is 32.2. The third-order valence-electron chi connectivity index (χ3n) is 5.72. The summed E-state index contributed by atoms with van der Waals surface area (Å²) < 4.78 is 34.9. The first-order valence-corrected chi connectivity index (χ1v) is 12.1. The van der Waals surface area contributed by atoms with Gasteiger partial charge in [0, 0.05) is 32.3 Å². The van der Waals surface area contributed by atoms with Crippen molar-refractivity contribution in [1.82, 2.24) is 19.2 Å². The predicted molar refractivity (Wildman–Crippen MR) is 115 cm³/mol. The Labute approximate surface area is 183 Å². The van der Waals surface area contributed by atoms with Crippen LogP contribution in [0.15, 0.2) is 41.6 Å². The molecule has 0 N–H and O–H groups in total. The molecular formula is C22H28N4O4S. The van der Waals surface area contributed by atoms with E-state index in [2.05, 4.69) is 9.97 Å². The highest BCUT2D eigenvalue weighted by molar-refractivity contribution is 7.89. The summed E-state index contributed by atoms with van der Waals surface area (Å²) in [5, 5.41) is 0. The molecule has 9 heteroatoms. The number of ether oxygens (including phenoxy) is 1. The fraction of sp³-hybridized carbons (Fsp3) is 0.500. The molecular weight excluding hydrogens is 416 g/mol. The number of carbonyl (C=O) groups excluding carboxylic acids is 1. The number of aryl methyl sites for hydroxylation is 1. The summed E-state index contributed by atoms with van der Waals surface area (Å²) in [6.07, 6.45) is 3.76. The van der Waals surface area contributed by atoms with Crippen molar-refractivity contribution in [3.8, 4) is 5.75 Å². The van der Waals surface area contributed by atoms with E-state index < -0.39 is 10.0 Å². The van der Waals surface area contributed by atoms with Crippen LogP contribution < -0.4 is 4.74 Å². The van der Waals surface area contributed by atoms with Crippen molar-refractivity contribution in [2.24, 2.45) is 5.92 Å². The number of aromatic nitrogens is 2. The molecule has 1 amide bonds. The van der Waals surface area contributed by atoms with Gasteiger partial charge in [0.1, 0.15) is 22.4 Å². The minimum atomic E-state index is -3.71. The average molecular weight is 445 g/mol. The Kier molecular flexibility index (Phi) is 5.98. The number of para-hydroxylation sites is 1. The Morgan fingerprint density at radius 1 is 1.16 bits per heavy atom. The van der Waals surface area contributed by atoms with Gasteiger partial charge in [-0.25, -0.2) is 13.4 Å². The van der Waals surface area contributed by atoms with Crippen LogP contribution in [0.4, 0.5) is 0 Å². The zero-order chi connectivity index (χ0) is 22.2. The van der Waals surface area contributed by atoms with E-state index in [1.165, 1.54) is 6.20 Å². The minimum absolute atomic E-state index is 0.157. The largest absolute Gasteiger partial charge is 0.487 e. The SMILES string of the molecule is Cc1cnc(C(=O)N2CC[C@@H]3Oc4ccccc4S(=O)(=O)N(CC(C)C)[C@H]3CC2)cn1.